The summed E-state index contributed by atoms with van der Waals surface area (Å²) in [5, 5.41) is 10.1. The molecule has 2 N–H and O–H groups in total. The summed E-state index contributed by atoms with van der Waals surface area (Å²) in [7, 11) is 1.27. The Kier molecular flexibility index (Phi) is 6.48. The summed E-state index contributed by atoms with van der Waals surface area (Å²) in [4.78, 5) is 35.8. The Morgan fingerprint density at radius 2 is 1.73 bits per heavy atom. The molecule has 0 unspecified atom stereocenters. The Morgan fingerprint density at radius 3 is 2.33 bits per heavy atom. The van der Waals surface area contributed by atoms with E-state index in [1.54, 1.807) is 0 Å². The molecule has 0 aliphatic heterocycles. The molecule has 33 heavy (non-hydrogen) atoms. The number of methoxy groups -OCH3 is 2. The second-order valence-electron chi connectivity index (χ2n) is 6.58. The fraction of sp³-hybridized carbons (Fsp3) is 0.211. The minimum atomic E-state index is -4.01. The van der Waals surface area contributed by atoms with E-state index in [4.69, 9.17) is 9.47 Å². The molecule has 0 saturated heterocycles. The molecule has 1 aromatic carbocycles. The molecular formula is C19H20N6O7S. The molecule has 0 fully saturated rings. The molecule has 0 amide bonds. The lowest BCUT2D eigenvalue weighted by Crippen LogP contribution is -2.38. The van der Waals surface area contributed by atoms with Gasteiger partial charge in [-0.25, -0.2) is 13.2 Å². The minimum Gasteiger partial charge on any atom is -0.494 e. The molecule has 2 aromatic heterocycles. The lowest BCUT2D eigenvalue weighted by atomic mass is 10.3. The Hall–Kier alpha value is -4.20. The second kappa shape index (κ2) is 9.12. The first-order chi connectivity index (χ1) is 15.6. The van der Waals surface area contributed by atoms with Crippen molar-refractivity contribution in [2.75, 3.05) is 18.9 Å². The van der Waals surface area contributed by atoms with E-state index in [0.29, 0.717) is 5.69 Å². The monoisotopic (exact) mass is 476 g/mol. The number of rotatable bonds is 7. The standard InChI is InChI=1S/C19H20N6O7S/c1-24-16(26)13(17(27)25(2)19(24)28)10-20-11-5-7-12(8-6-11)33(29,30)23-14-9-15(31-3)22-18(21-14)32-4/h5-10,26H,1-4H3,(H,21,22,23). The van der Waals surface area contributed by atoms with Crippen LogP contribution in [0.25, 0.3) is 0 Å². The van der Waals surface area contributed by atoms with Gasteiger partial charge in [-0.1, -0.05) is 0 Å². The van der Waals surface area contributed by atoms with Gasteiger partial charge in [0, 0.05) is 26.4 Å². The maximum atomic E-state index is 12.7. The SMILES string of the molecule is COc1cc(NS(=O)(=O)c2ccc(N=Cc3c(O)n(C)c(=O)n(C)c3=O)cc2)nc(OC)n1. The highest BCUT2D eigenvalue weighted by atomic mass is 32.2. The van der Waals surface area contributed by atoms with Crippen LogP contribution >= 0.6 is 0 Å². The average Bonchev–Trinajstić information content (AvgIpc) is 2.81. The second-order valence-corrected chi connectivity index (χ2v) is 8.27. The molecule has 3 aromatic rings. The number of sulfonamides is 1. The van der Waals surface area contributed by atoms with Crippen LogP contribution in [0.5, 0.6) is 17.8 Å². The van der Waals surface area contributed by atoms with Gasteiger partial charge in [0.1, 0.15) is 5.56 Å². The number of benzene rings is 1. The molecule has 0 bridgehead atoms. The number of hydrogen-bond acceptors (Lipinski definition) is 10. The van der Waals surface area contributed by atoms with E-state index in [0.717, 1.165) is 15.3 Å². The zero-order valence-corrected chi connectivity index (χ0v) is 18.8. The quantitative estimate of drug-likeness (QED) is 0.451. The molecule has 0 atom stereocenters. The van der Waals surface area contributed by atoms with Gasteiger partial charge in [0.25, 0.3) is 15.6 Å². The van der Waals surface area contributed by atoms with E-state index in [9.17, 15) is 23.1 Å². The number of aliphatic imine (C=N–C) groups is 1. The summed E-state index contributed by atoms with van der Waals surface area (Å²) in [5.74, 6) is -0.482. The molecule has 3 rings (SSSR count). The van der Waals surface area contributed by atoms with Crippen LogP contribution in [0.3, 0.4) is 0 Å². The van der Waals surface area contributed by atoms with Crippen LogP contribution in [-0.4, -0.2) is 53.1 Å². The first-order valence-corrected chi connectivity index (χ1v) is 10.7. The number of hydrogen-bond donors (Lipinski definition) is 2. The lowest BCUT2D eigenvalue weighted by Gasteiger charge is -2.09. The number of aromatic hydroxyl groups is 1. The van der Waals surface area contributed by atoms with E-state index in [-0.39, 0.29) is 28.2 Å². The van der Waals surface area contributed by atoms with Crippen LogP contribution in [-0.2, 0) is 24.1 Å². The number of aromatic nitrogens is 4. The van der Waals surface area contributed by atoms with E-state index < -0.39 is 27.2 Å². The maximum absolute atomic E-state index is 12.7. The lowest BCUT2D eigenvalue weighted by molar-refractivity contribution is 0.353. The summed E-state index contributed by atoms with van der Waals surface area (Å²) in [6.45, 7) is 0. The van der Waals surface area contributed by atoms with Gasteiger partial charge in [-0.3, -0.25) is 23.6 Å². The van der Waals surface area contributed by atoms with Gasteiger partial charge in [0.2, 0.25) is 11.8 Å². The summed E-state index contributed by atoms with van der Waals surface area (Å²) < 4.78 is 39.3. The molecule has 0 spiro atoms. The van der Waals surface area contributed by atoms with Crippen molar-refractivity contribution in [1.29, 1.82) is 0 Å². The molecular weight excluding hydrogens is 456 g/mol. The molecule has 0 saturated carbocycles. The average molecular weight is 476 g/mol. The van der Waals surface area contributed by atoms with Crippen molar-refractivity contribution >= 4 is 27.7 Å². The highest BCUT2D eigenvalue weighted by Crippen LogP contribution is 2.22. The molecule has 13 nitrogen and oxygen atoms in total. The number of ether oxygens (including phenoxy) is 2. The highest BCUT2D eigenvalue weighted by molar-refractivity contribution is 7.92. The van der Waals surface area contributed by atoms with Gasteiger partial charge < -0.3 is 14.6 Å². The highest BCUT2D eigenvalue weighted by Gasteiger charge is 2.17. The van der Waals surface area contributed by atoms with Gasteiger partial charge in [0.15, 0.2) is 5.82 Å². The molecule has 0 aliphatic carbocycles. The largest absolute Gasteiger partial charge is 0.494 e. The summed E-state index contributed by atoms with van der Waals surface area (Å²) in [6.07, 6.45) is 1.10. The van der Waals surface area contributed by atoms with E-state index in [1.807, 2.05) is 0 Å². The van der Waals surface area contributed by atoms with Crippen LogP contribution in [0, 0.1) is 0 Å². The normalized spacial score (nSPS) is 11.5. The smallest absolute Gasteiger partial charge is 0.333 e. The first-order valence-electron chi connectivity index (χ1n) is 9.20. The zero-order valence-electron chi connectivity index (χ0n) is 18.0. The van der Waals surface area contributed by atoms with Crippen LogP contribution in [0.1, 0.15) is 5.56 Å². The Morgan fingerprint density at radius 1 is 1.06 bits per heavy atom. The van der Waals surface area contributed by atoms with Gasteiger partial charge >= 0.3 is 11.7 Å². The Labute approximate surface area is 187 Å². The Balaban J connectivity index is 1.86. The van der Waals surface area contributed by atoms with Crippen LogP contribution in [0.4, 0.5) is 11.5 Å². The van der Waals surface area contributed by atoms with Crippen molar-refractivity contribution in [1.82, 2.24) is 19.1 Å². The van der Waals surface area contributed by atoms with Gasteiger partial charge in [-0.05, 0) is 24.3 Å². The van der Waals surface area contributed by atoms with Crippen LogP contribution in [0.2, 0.25) is 0 Å². The third-order valence-corrected chi connectivity index (χ3v) is 5.84. The van der Waals surface area contributed by atoms with E-state index in [1.165, 1.54) is 58.6 Å². The maximum Gasteiger partial charge on any atom is 0.333 e. The summed E-state index contributed by atoms with van der Waals surface area (Å²) in [5.41, 5.74) is -1.30. The molecule has 2 heterocycles. The van der Waals surface area contributed by atoms with Crippen molar-refractivity contribution in [3.63, 3.8) is 0 Å². The third-order valence-electron chi connectivity index (χ3n) is 4.47. The van der Waals surface area contributed by atoms with Crippen LogP contribution in [0.15, 0.2) is 49.8 Å². The van der Waals surface area contributed by atoms with E-state index in [2.05, 4.69) is 19.7 Å². The van der Waals surface area contributed by atoms with Crippen molar-refractivity contribution in [2.24, 2.45) is 19.1 Å². The molecule has 14 heteroatoms. The number of nitrogens with one attached hydrogen (secondary N) is 1. The molecule has 0 radical (unpaired) electrons. The predicted molar refractivity (Wildman–Crippen MR) is 118 cm³/mol. The number of anilines is 1. The third kappa shape index (κ3) is 4.85. The first kappa shape index (κ1) is 23.5. The van der Waals surface area contributed by atoms with Gasteiger partial charge in [-0.15, -0.1) is 0 Å². The topological polar surface area (TPSA) is 167 Å². The number of nitrogens with zero attached hydrogens (tertiary/aromatic N) is 5. The van der Waals surface area contributed by atoms with Crippen molar-refractivity contribution in [3.05, 3.63) is 56.7 Å². The Bertz CT molecular complexity index is 1420. The van der Waals surface area contributed by atoms with Crippen LogP contribution < -0.4 is 25.4 Å². The fourth-order valence-corrected chi connectivity index (χ4v) is 3.66. The van der Waals surface area contributed by atoms with E-state index >= 15 is 0 Å². The van der Waals surface area contributed by atoms with Crippen molar-refractivity contribution < 1.29 is 23.0 Å². The van der Waals surface area contributed by atoms with Crippen molar-refractivity contribution in [3.8, 4) is 17.8 Å². The molecule has 174 valence electrons. The predicted octanol–water partition coefficient (Wildman–Crippen LogP) is 0.148. The summed E-state index contributed by atoms with van der Waals surface area (Å²) >= 11 is 0. The fourth-order valence-electron chi connectivity index (χ4n) is 2.67. The van der Waals surface area contributed by atoms with Gasteiger partial charge in [-0.2, -0.15) is 9.97 Å². The summed E-state index contributed by atoms with van der Waals surface area (Å²) in [6, 6.07) is 6.60. The van der Waals surface area contributed by atoms with Crippen molar-refractivity contribution in [2.45, 2.75) is 4.90 Å². The van der Waals surface area contributed by atoms with Gasteiger partial charge in [0.05, 0.1) is 24.8 Å². The zero-order chi connectivity index (χ0) is 24.3. The molecule has 0 aliphatic rings. The minimum absolute atomic E-state index is 0.0539.